The SMILES string of the molecule is COc1cccc(C(=O)N[C@@H](C)C(C)(C)CN(C)C)c1[N+](=O)[O-]. The molecule has 0 saturated carbocycles. The van der Waals surface area contributed by atoms with Crippen LogP contribution < -0.4 is 10.1 Å². The Labute approximate surface area is 136 Å². The van der Waals surface area contributed by atoms with Crippen molar-refractivity contribution in [2.75, 3.05) is 27.7 Å². The van der Waals surface area contributed by atoms with Gasteiger partial charge < -0.3 is 15.0 Å². The highest BCUT2D eigenvalue weighted by atomic mass is 16.6. The normalized spacial score (nSPS) is 12.8. The van der Waals surface area contributed by atoms with Crippen molar-refractivity contribution in [3.05, 3.63) is 33.9 Å². The van der Waals surface area contributed by atoms with Crippen molar-refractivity contribution in [3.63, 3.8) is 0 Å². The highest BCUT2D eigenvalue weighted by Crippen LogP contribution is 2.31. The third-order valence-electron chi connectivity index (χ3n) is 3.89. The molecule has 1 N–H and O–H groups in total. The third kappa shape index (κ3) is 4.66. The van der Waals surface area contributed by atoms with E-state index in [9.17, 15) is 14.9 Å². The van der Waals surface area contributed by atoms with Crippen LogP contribution in [0, 0.1) is 15.5 Å². The van der Waals surface area contributed by atoms with Crippen LogP contribution in [0.5, 0.6) is 5.75 Å². The van der Waals surface area contributed by atoms with Crippen LogP contribution in [0.2, 0.25) is 0 Å². The molecule has 0 spiro atoms. The van der Waals surface area contributed by atoms with Gasteiger partial charge in [-0.25, -0.2) is 0 Å². The molecule has 0 aliphatic rings. The van der Waals surface area contributed by atoms with Gasteiger partial charge in [-0.3, -0.25) is 14.9 Å². The molecule has 1 aromatic rings. The van der Waals surface area contributed by atoms with Gasteiger partial charge in [-0.1, -0.05) is 19.9 Å². The second kappa shape index (κ2) is 7.41. The highest BCUT2D eigenvalue weighted by molar-refractivity contribution is 5.99. The summed E-state index contributed by atoms with van der Waals surface area (Å²) in [7, 11) is 5.26. The molecule has 7 nitrogen and oxygen atoms in total. The van der Waals surface area contributed by atoms with Crippen LogP contribution in [0.15, 0.2) is 18.2 Å². The number of nitrogens with zero attached hydrogens (tertiary/aromatic N) is 2. The molecular formula is C16H25N3O4. The number of para-hydroxylation sites is 1. The molecule has 23 heavy (non-hydrogen) atoms. The molecule has 0 radical (unpaired) electrons. The summed E-state index contributed by atoms with van der Waals surface area (Å²) in [5.41, 5.74) is -0.501. The second-order valence-corrected chi connectivity index (χ2v) is 6.54. The molecule has 0 aromatic heterocycles. The van der Waals surface area contributed by atoms with Crippen molar-refractivity contribution < 1.29 is 14.5 Å². The number of nitrogens with one attached hydrogen (secondary N) is 1. The van der Waals surface area contributed by atoms with Gasteiger partial charge in [-0.05, 0) is 38.6 Å². The predicted octanol–water partition coefficient (Wildman–Crippen LogP) is 2.31. The van der Waals surface area contributed by atoms with Gasteiger partial charge in [0.2, 0.25) is 0 Å². The van der Waals surface area contributed by atoms with E-state index in [0.29, 0.717) is 0 Å². The third-order valence-corrected chi connectivity index (χ3v) is 3.89. The minimum atomic E-state index is -0.594. The highest BCUT2D eigenvalue weighted by Gasteiger charge is 2.31. The van der Waals surface area contributed by atoms with E-state index < -0.39 is 10.8 Å². The van der Waals surface area contributed by atoms with Gasteiger partial charge in [0.1, 0.15) is 5.56 Å². The number of rotatable bonds is 7. The Morgan fingerprint density at radius 1 is 1.43 bits per heavy atom. The Hall–Kier alpha value is -2.15. The summed E-state index contributed by atoms with van der Waals surface area (Å²) in [6.45, 7) is 6.75. The number of carbonyl (C=O) groups excluding carboxylic acids is 1. The topological polar surface area (TPSA) is 84.7 Å². The molecule has 7 heteroatoms. The van der Waals surface area contributed by atoms with Crippen LogP contribution in [0.3, 0.4) is 0 Å². The van der Waals surface area contributed by atoms with Crippen molar-refractivity contribution in [2.24, 2.45) is 5.41 Å². The van der Waals surface area contributed by atoms with Crippen LogP contribution in [0.1, 0.15) is 31.1 Å². The lowest BCUT2D eigenvalue weighted by Gasteiger charge is -2.34. The molecule has 0 unspecified atom stereocenters. The van der Waals surface area contributed by atoms with Gasteiger partial charge in [-0.2, -0.15) is 0 Å². The van der Waals surface area contributed by atoms with E-state index in [2.05, 4.69) is 5.32 Å². The first kappa shape index (κ1) is 18.9. The number of nitro benzene ring substituents is 1. The fraction of sp³-hybridized carbons (Fsp3) is 0.562. The van der Waals surface area contributed by atoms with E-state index in [-0.39, 0.29) is 28.5 Å². The van der Waals surface area contributed by atoms with Gasteiger partial charge >= 0.3 is 5.69 Å². The quantitative estimate of drug-likeness (QED) is 0.615. The van der Waals surface area contributed by atoms with Crippen molar-refractivity contribution in [1.82, 2.24) is 10.2 Å². The first-order valence-corrected chi connectivity index (χ1v) is 7.37. The first-order chi connectivity index (χ1) is 10.6. The lowest BCUT2D eigenvalue weighted by Crippen LogP contribution is -2.47. The molecule has 1 rings (SSSR count). The summed E-state index contributed by atoms with van der Waals surface area (Å²) in [6.07, 6.45) is 0. The monoisotopic (exact) mass is 323 g/mol. The second-order valence-electron chi connectivity index (χ2n) is 6.54. The minimum Gasteiger partial charge on any atom is -0.490 e. The number of hydrogen-bond acceptors (Lipinski definition) is 5. The zero-order chi connectivity index (χ0) is 17.8. The number of ether oxygens (including phenoxy) is 1. The Kier molecular flexibility index (Phi) is 6.09. The largest absolute Gasteiger partial charge is 0.490 e. The van der Waals surface area contributed by atoms with Gasteiger partial charge in [-0.15, -0.1) is 0 Å². The van der Waals surface area contributed by atoms with E-state index >= 15 is 0 Å². The Morgan fingerprint density at radius 2 is 2.04 bits per heavy atom. The van der Waals surface area contributed by atoms with E-state index in [0.717, 1.165) is 6.54 Å². The zero-order valence-corrected chi connectivity index (χ0v) is 14.5. The molecule has 0 saturated heterocycles. The maximum Gasteiger partial charge on any atom is 0.323 e. The first-order valence-electron chi connectivity index (χ1n) is 7.37. The molecule has 0 bridgehead atoms. The summed E-state index contributed by atoms with van der Waals surface area (Å²) < 4.78 is 4.99. The summed E-state index contributed by atoms with van der Waals surface area (Å²) in [5.74, 6) is -0.405. The van der Waals surface area contributed by atoms with Gasteiger partial charge in [0.25, 0.3) is 5.91 Å². The van der Waals surface area contributed by atoms with Crippen LogP contribution in [-0.2, 0) is 0 Å². The Morgan fingerprint density at radius 3 is 2.52 bits per heavy atom. The molecule has 128 valence electrons. The van der Waals surface area contributed by atoms with Gasteiger partial charge in [0, 0.05) is 12.6 Å². The fourth-order valence-corrected chi connectivity index (χ4v) is 2.48. The maximum atomic E-state index is 12.5. The van der Waals surface area contributed by atoms with Crippen LogP contribution >= 0.6 is 0 Å². The maximum absolute atomic E-state index is 12.5. The molecule has 0 aliphatic carbocycles. The fourth-order valence-electron chi connectivity index (χ4n) is 2.48. The Balaban J connectivity index is 3.05. The Bertz CT molecular complexity index is 585. The van der Waals surface area contributed by atoms with Crippen molar-refractivity contribution in [2.45, 2.75) is 26.8 Å². The summed E-state index contributed by atoms with van der Waals surface area (Å²) >= 11 is 0. The average molecular weight is 323 g/mol. The van der Waals surface area contributed by atoms with Gasteiger partial charge in [0.05, 0.1) is 12.0 Å². The number of nitro groups is 1. The summed E-state index contributed by atoms with van der Waals surface area (Å²) in [4.78, 5) is 25.2. The molecule has 0 heterocycles. The number of amides is 1. The predicted molar refractivity (Wildman–Crippen MR) is 88.9 cm³/mol. The van der Waals surface area contributed by atoms with Crippen molar-refractivity contribution in [1.29, 1.82) is 0 Å². The smallest absolute Gasteiger partial charge is 0.323 e. The van der Waals surface area contributed by atoms with Gasteiger partial charge in [0.15, 0.2) is 5.75 Å². The van der Waals surface area contributed by atoms with E-state index in [1.54, 1.807) is 6.07 Å². The summed E-state index contributed by atoms with van der Waals surface area (Å²) in [5, 5.41) is 14.1. The molecule has 1 aromatic carbocycles. The number of carbonyl (C=O) groups is 1. The standard InChI is InChI=1S/C16H25N3O4/c1-11(16(2,3)10-18(4)5)17-15(20)12-8-7-9-13(23-6)14(12)19(21)22/h7-9,11H,10H2,1-6H3,(H,17,20)/t11-/m0/s1. The zero-order valence-electron chi connectivity index (χ0n) is 14.5. The van der Waals surface area contributed by atoms with Crippen LogP contribution in [0.4, 0.5) is 5.69 Å². The van der Waals surface area contributed by atoms with E-state index in [1.165, 1.54) is 19.2 Å². The van der Waals surface area contributed by atoms with E-state index in [1.807, 2.05) is 39.8 Å². The number of hydrogen-bond donors (Lipinski definition) is 1. The number of benzene rings is 1. The van der Waals surface area contributed by atoms with Crippen molar-refractivity contribution >= 4 is 11.6 Å². The lowest BCUT2D eigenvalue weighted by atomic mass is 9.84. The molecular weight excluding hydrogens is 298 g/mol. The number of methoxy groups -OCH3 is 1. The lowest BCUT2D eigenvalue weighted by molar-refractivity contribution is -0.386. The summed E-state index contributed by atoms with van der Waals surface area (Å²) in [6, 6.07) is 4.30. The average Bonchev–Trinajstić information content (AvgIpc) is 2.44. The molecule has 1 amide bonds. The molecule has 0 fully saturated rings. The minimum absolute atomic E-state index is 0.00172. The van der Waals surface area contributed by atoms with E-state index in [4.69, 9.17) is 4.74 Å². The van der Waals surface area contributed by atoms with Crippen molar-refractivity contribution in [3.8, 4) is 5.75 Å². The molecule has 0 aliphatic heterocycles. The van der Waals surface area contributed by atoms with Crippen LogP contribution in [0.25, 0.3) is 0 Å². The van der Waals surface area contributed by atoms with Crippen LogP contribution in [-0.4, -0.2) is 49.5 Å². The molecule has 1 atom stereocenters.